The number of nitrogens with zero attached hydrogens (tertiary/aromatic N) is 2. The minimum atomic E-state index is -0.961. The molecule has 1 aromatic heterocycles. The van der Waals surface area contributed by atoms with E-state index in [9.17, 15) is 9.59 Å². The van der Waals surface area contributed by atoms with E-state index in [4.69, 9.17) is 16.3 Å². The van der Waals surface area contributed by atoms with Crippen LogP contribution in [0.3, 0.4) is 0 Å². The van der Waals surface area contributed by atoms with E-state index in [0.717, 1.165) is 25.7 Å². The summed E-state index contributed by atoms with van der Waals surface area (Å²) in [6.07, 6.45) is 7.95. The number of aromatic nitrogens is 2. The van der Waals surface area contributed by atoms with Gasteiger partial charge in [-0.05, 0) is 88.1 Å². The van der Waals surface area contributed by atoms with Gasteiger partial charge < -0.3 is 10.1 Å². The highest BCUT2D eigenvalue weighted by atomic mass is 35.5. The molecule has 0 aromatic carbocycles. The molecule has 1 N–H and O–H groups in total. The third-order valence-electron chi connectivity index (χ3n) is 6.37. The molecule has 4 aliphatic rings. The molecule has 1 heterocycles. The first-order valence-corrected chi connectivity index (χ1v) is 10.1. The molecule has 4 aliphatic carbocycles. The van der Waals surface area contributed by atoms with Crippen LogP contribution in [0.1, 0.15) is 63.2 Å². The number of hydrogen-bond donors (Lipinski definition) is 1. The topological polar surface area (TPSA) is 81.2 Å². The number of hydrogen-bond acceptors (Lipinski definition) is 5. The zero-order valence-corrected chi connectivity index (χ0v) is 16.8. The van der Waals surface area contributed by atoms with Crippen LogP contribution in [-0.2, 0) is 9.53 Å². The highest BCUT2D eigenvalue weighted by Gasteiger charge is 2.63. The molecule has 4 saturated carbocycles. The molecule has 0 unspecified atom stereocenters. The average Bonchev–Trinajstić information content (AvgIpc) is 2.56. The zero-order valence-electron chi connectivity index (χ0n) is 16.0. The lowest BCUT2D eigenvalue weighted by atomic mass is 9.48. The van der Waals surface area contributed by atoms with Gasteiger partial charge in [-0.15, -0.1) is 0 Å². The van der Waals surface area contributed by atoms with Gasteiger partial charge in [-0.1, -0.05) is 0 Å². The van der Waals surface area contributed by atoms with Crippen molar-refractivity contribution in [3.63, 3.8) is 0 Å². The molecule has 0 spiro atoms. The first-order chi connectivity index (χ1) is 12.7. The first kappa shape index (κ1) is 18.7. The van der Waals surface area contributed by atoms with Gasteiger partial charge in [0.25, 0.3) is 5.91 Å². The molecule has 4 fully saturated rings. The van der Waals surface area contributed by atoms with Crippen LogP contribution in [0.15, 0.2) is 12.4 Å². The van der Waals surface area contributed by atoms with Crippen LogP contribution in [0.25, 0.3) is 0 Å². The van der Waals surface area contributed by atoms with Crippen molar-refractivity contribution in [2.75, 3.05) is 0 Å². The van der Waals surface area contributed by atoms with Crippen LogP contribution in [0, 0.1) is 23.7 Å². The van der Waals surface area contributed by atoms with Crippen LogP contribution in [-0.4, -0.2) is 33.0 Å². The van der Waals surface area contributed by atoms with Gasteiger partial charge >= 0.3 is 5.97 Å². The van der Waals surface area contributed by atoms with E-state index in [1.807, 2.05) is 20.8 Å². The summed E-state index contributed by atoms with van der Waals surface area (Å²) < 4.78 is 5.82. The second-order valence-corrected chi connectivity index (χ2v) is 9.71. The lowest BCUT2D eigenvalue weighted by Gasteiger charge is -2.59. The minimum absolute atomic E-state index is 0.0861. The Morgan fingerprint density at radius 2 is 1.59 bits per heavy atom. The number of carbonyl (C=O) groups is 2. The maximum Gasteiger partial charge on any atom is 0.332 e. The van der Waals surface area contributed by atoms with Gasteiger partial charge in [0, 0.05) is 12.4 Å². The maximum absolute atomic E-state index is 13.4. The van der Waals surface area contributed by atoms with Gasteiger partial charge in [-0.25, -0.2) is 14.8 Å². The number of esters is 1. The van der Waals surface area contributed by atoms with Crippen molar-refractivity contribution >= 4 is 23.5 Å². The SMILES string of the molecule is CC(C)(C)OC(=O)C1(NC(=O)c2cnc(Cl)nc2)C2CC3CC(C2)CC1C3. The molecule has 0 atom stereocenters. The summed E-state index contributed by atoms with van der Waals surface area (Å²) in [5.74, 6) is 0.941. The highest BCUT2D eigenvalue weighted by Crippen LogP contribution is 2.58. The van der Waals surface area contributed by atoms with Crippen LogP contribution in [0.5, 0.6) is 0 Å². The fourth-order valence-electron chi connectivity index (χ4n) is 5.57. The van der Waals surface area contributed by atoms with Crippen molar-refractivity contribution in [1.82, 2.24) is 15.3 Å². The summed E-state index contributed by atoms with van der Waals surface area (Å²) in [6, 6.07) is 0. The molecule has 1 aromatic rings. The van der Waals surface area contributed by atoms with Gasteiger partial charge in [0.05, 0.1) is 5.56 Å². The summed E-state index contributed by atoms with van der Waals surface area (Å²) >= 11 is 5.73. The van der Waals surface area contributed by atoms with Gasteiger partial charge in [0.1, 0.15) is 11.1 Å². The van der Waals surface area contributed by atoms with E-state index >= 15 is 0 Å². The van der Waals surface area contributed by atoms with Crippen molar-refractivity contribution in [3.8, 4) is 0 Å². The number of nitrogens with one attached hydrogen (secondary N) is 1. The highest BCUT2D eigenvalue weighted by molar-refractivity contribution is 6.28. The Bertz CT molecular complexity index is 729. The molecule has 1 amide bonds. The molecule has 146 valence electrons. The Morgan fingerprint density at radius 3 is 2.07 bits per heavy atom. The Kier molecular flexibility index (Phi) is 4.45. The summed E-state index contributed by atoms with van der Waals surface area (Å²) in [7, 11) is 0. The first-order valence-electron chi connectivity index (χ1n) is 9.71. The molecule has 4 bridgehead atoms. The number of ether oxygens (including phenoxy) is 1. The van der Waals surface area contributed by atoms with Crippen LogP contribution >= 0.6 is 11.6 Å². The standard InChI is InChI=1S/C20H26ClN3O3/c1-19(2,3)27-17(26)20(24-16(25)13-9-22-18(21)23-10-13)14-5-11-4-12(7-14)8-15(20)6-11/h9-12,14-15H,4-8H2,1-3H3,(H,24,25). The molecule has 0 radical (unpaired) electrons. The van der Waals surface area contributed by atoms with Gasteiger partial charge in [0.2, 0.25) is 5.28 Å². The lowest BCUT2D eigenvalue weighted by molar-refractivity contribution is -0.180. The van der Waals surface area contributed by atoms with Crippen molar-refractivity contribution in [2.24, 2.45) is 23.7 Å². The number of carbonyl (C=O) groups excluding carboxylic acids is 2. The van der Waals surface area contributed by atoms with Gasteiger partial charge in [-0.3, -0.25) is 4.79 Å². The number of rotatable bonds is 3. The molecule has 7 heteroatoms. The van der Waals surface area contributed by atoms with Crippen molar-refractivity contribution in [2.45, 2.75) is 64.0 Å². The molecule has 5 rings (SSSR count). The third-order valence-corrected chi connectivity index (χ3v) is 6.56. The van der Waals surface area contributed by atoms with E-state index < -0.39 is 11.1 Å². The fourth-order valence-corrected chi connectivity index (χ4v) is 5.67. The Morgan fingerprint density at radius 1 is 1.07 bits per heavy atom. The number of halogens is 1. The predicted molar refractivity (Wildman–Crippen MR) is 100 cm³/mol. The minimum Gasteiger partial charge on any atom is -0.458 e. The Balaban J connectivity index is 1.67. The molecule has 6 nitrogen and oxygen atoms in total. The van der Waals surface area contributed by atoms with Crippen LogP contribution in [0.2, 0.25) is 5.28 Å². The normalized spacial score (nSPS) is 34.4. The molecule has 0 saturated heterocycles. The van der Waals surface area contributed by atoms with E-state index in [1.54, 1.807) is 0 Å². The van der Waals surface area contributed by atoms with E-state index in [0.29, 0.717) is 17.4 Å². The lowest BCUT2D eigenvalue weighted by Crippen LogP contribution is -2.71. The van der Waals surface area contributed by atoms with Crippen molar-refractivity contribution in [1.29, 1.82) is 0 Å². The second kappa shape index (κ2) is 6.43. The molecular weight excluding hydrogens is 366 g/mol. The summed E-state index contributed by atoms with van der Waals surface area (Å²) in [5, 5.41) is 3.18. The second-order valence-electron chi connectivity index (χ2n) is 9.37. The van der Waals surface area contributed by atoms with E-state index in [-0.39, 0.29) is 29.0 Å². The molecule has 27 heavy (non-hydrogen) atoms. The van der Waals surface area contributed by atoms with E-state index in [2.05, 4.69) is 15.3 Å². The summed E-state index contributed by atoms with van der Waals surface area (Å²) in [5.41, 5.74) is -1.26. The third kappa shape index (κ3) is 3.33. The quantitative estimate of drug-likeness (QED) is 0.630. The van der Waals surface area contributed by atoms with E-state index in [1.165, 1.54) is 18.8 Å². The fraction of sp³-hybridized carbons (Fsp3) is 0.700. The van der Waals surface area contributed by atoms with Crippen LogP contribution < -0.4 is 5.32 Å². The van der Waals surface area contributed by atoms with Gasteiger partial charge in [0.15, 0.2) is 0 Å². The Labute approximate surface area is 164 Å². The van der Waals surface area contributed by atoms with Crippen molar-refractivity contribution < 1.29 is 14.3 Å². The Hall–Kier alpha value is -1.69. The monoisotopic (exact) mass is 391 g/mol. The largest absolute Gasteiger partial charge is 0.458 e. The predicted octanol–water partition coefficient (Wildman–Crippen LogP) is 3.40. The van der Waals surface area contributed by atoms with Crippen LogP contribution in [0.4, 0.5) is 0 Å². The van der Waals surface area contributed by atoms with Gasteiger partial charge in [-0.2, -0.15) is 0 Å². The summed E-state index contributed by atoms with van der Waals surface area (Å²) in [4.78, 5) is 34.2. The number of amides is 1. The van der Waals surface area contributed by atoms with Crippen molar-refractivity contribution in [3.05, 3.63) is 23.2 Å². The molecule has 0 aliphatic heterocycles. The smallest absolute Gasteiger partial charge is 0.332 e. The average molecular weight is 392 g/mol. The zero-order chi connectivity index (χ0) is 19.4. The summed E-state index contributed by atoms with van der Waals surface area (Å²) in [6.45, 7) is 5.59. The molecular formula is C20H26ClN3O3. The maximum atomic E-state index is 13.4.